The van der Waals surface area contributed by atoms with E-state index < -0.39 is 6.04 Å². The predicted molar refractivity (Wildman–Crippen MR) is 124 cm³/mol. The summed E-state index contributed by atoms with van der Waals surface area (Å²) in [6, 6.07) is 14.5. The van der Waals surface area contributed by atoms with Crippen LogP contribution >= 0.6 is 11.3 Å². The first kappa shape index (κ1) is 21.4. The van der Waals surface area contributed by atoms with Crippen LogP contribution in [0.5, 0.6) is 11.5 Å². The molecule has 33 heavy (non-hydrogen) atoms. The van der Waals surface area contributed by atoms with Crippen molar-refractivity contribution in [2.45, 2.75) is 38.1 Å². The number of ether oxygens (including phenoxy) is 2. The van der Waals surface area contributed by atoms with Crippen molar-refractivity contribution in [2.75, 3.05) is 12.1 Å². The molecule has 5 rings (SSSR count). The second kappa shape index (κ2) is 9.58. The molecule has 170 valence electrons. The Morgan fingerprint density at radius 1 is 1.03 bits per heavy atom. The summed E-state index contributed by atoms with van der Waals surface area (Å²) in [5.41, 5.74) is 1.80. The highest BCUT2D eigenvalue weighted by Gasteiger charge is 2.28. The summed E-state index contributed by atoms with van der Waals surface area (Å²) >= 11 is 1.26. The summed E-state index contributed by atoms with van der Waals surface area (Å²) in [6.45, 7) is 0.200. The van der Waals surface area contributed by atoms with Crippen LogP contribution in [0.3, 0.4) is 0 Å². The minimum atomic E-state index is -0.696. The van der Waals surface area contributed by atoms with E-state index in [1.807, 2.05) is 48.5 Å². The first-order chi connectivity index (χ1) is 16.2. The Morgan fingerprint density at radius 2 is 1.82 bits per heavy atom. The fourth-order valence-corrected chi connectivity index (χ4v) is 4.89. The summed E-state index contributed by atoms with van der Waals surface area (Å²) in [5.74, 6) is 0.972. The fourth-order valence-electron chi connectivity index (χ4n) is 4.15. The number of hydrogen-bond acceptors (Lipinski definition) is 7. The second-order valence-electron chi connectivity index (χ2n) is 8.20. The first-order valence-electron chi connectivity index (χ1n) is 11.0. The second-order valence-corrected chi connectivity index (χ2v) is 9.18. The maximum absolute atomic E-state index is 13.1. The number of anilines is 1. The molecule has 0 spiro atoms. The van der Waals surface area contributed by atoms with Crippen LogP contribution in [-0.2, 0) is 16.0 Å². The number of hydrogen-bond donors (Lipinski definition) is 2. The molecule has 1 aliphatic heterocycles. The molecule has 0 saturated heterocycles. The third-order valence-electron chi connectivity index (χ3n) is 5.92. The zero-order valence-electron chi connectivity index (χ0n) is 18.0. The molecule has 1 saturated carbocycles. The van der Waals surface area contributed by atoms with Crippen LogP contribution in [-0.4, -0.2) is 34.8 Å². The largest absolute Gasteiger partial charge is 0.454 e. The molecule has 0 radical (unpaired) electrons. The van der Waals surface area contributed by atoms with Crippen molar-refractivity contribution in [3.63, 3.8) is 0 Å². The van der Waals surface area contributed by atoms with Crippen LogP contribution in [0.1, 0.15) is 31.2 Å². The smallest absolute Gasteiger partial charge is 0.249 e. The molecule has 1 fully saturated rings. The fraction of sp³-hybridized carbons (Fsp3) is 0.333. The van der Waals surface area contributed by atoms with Crippen LogP contribution in [0.25, 0.3) is 10.6 Å². The van der Waals surface area contributed by atoms with Crippen molar-refractivity contribution in [1.82, 2.24) is 15.5 Å². The maximum Gasteiger partial charge on any atom is 0.249 e. The van der Waals surface area contributed by atoms with Crippen LogP contribution in [0.4, 0.5) is 5.13 Å². The number of aromatic nitrogens is 2. The molecule has 1 unspecified atom stereocenters. The number of nitrogens with zero attached hydrogens (tertiary/aromatic N) is 2. The number of nitrogens with one attached hydrogen (secondary N) is 2. The molecule has 1 aromatic heterocycles. The van der Waals surface area contributed by atoms with Gasteiger partial charge in [-0.2, -0.15) is 0 Å². The molecule has 3 aromatic rings. The Hall–Kier alpha value is -3.46. The summed E-state index contributed by atoms with van der Waals surface area (Å²) < 4.78 is 10.8. The Kier molecular flexibility index (Phi) is 6.21. The summed E-state index contributed by atoms with van der Waals surface area (Å²) in [4.78, 5) is 25.9. The highest BCUT2D eigenvalue weighted by atomic mass is 32.1. The van der Waals surface area contributed by atoms with Crippen LogP contribution in [0.2, 0.25) is 0 Å². The van der Waals surface area contributed by atoms with Crippen LogP contribution in [0.15, 0.2) is 48.5 Å². The number of amides is 2. The van der Waals surface area contributed by atoms with E-state index in [0.717, 1.165) is 36.8 Å². The molecule has 8 nitrogen and oxygen atoms in total. The van der Waals surface area contributed by atoms with E-state index in [0.29, 0.717) is 28.1 Å². The highest BCUT2D eigenvalue weighted by molar-refractivity contribution is 7.18. The Bertz CT molecular complexity index is 1140. The van der Waals surface area contributed by atoms with Crippen molar-refractivity contribution < 1.29 is 19.1 Å². The lowest BCUT2D eigenvalue weighted by molar-refractivity contribution is -0.129. The van der Waals surface area contributed by atoms with Gasteiger partial charge in [0.2, 0.25) is 23.7 Å². The van der Waals surface area contributed by atoms with Crippen LogP contribution < -0.4 is 20.1 Å². The molecular weight excluding hydrogens is 440 g/mol. The summed E-state index contributed by atoms with van der Waals surface area (Å²) in [7, 11) is 0. The minimum Gasteiger partial charge on any atom is -0.454 e. The van der Waals surface area contributed by atoms with E-state index in [2.05, 4.69) is 20.8 Å². The molecule has 0 bridgehead atoms. The molecule has 2 N–H and O–H groups in total. The van der Waals surface area contributed by atoms with E-state index in [-0.39, 0.29) is 24.5 Å². The van der Waals surface area contributed by atoms with Gasteiger partial charge < -0.3 is 14.8 Å². The number of rotatable bonds is 7. The average molecular weight is 465 g/mol. The van der Waals surface area contributed by atoms with Crippen molar-refractivity contribution in [1.29, 1.82) is 0 Å². The van der Waals surface area contributed by atoms with Gasteiger partial charge >= 0.3 is 0 Å². The third-order valence-corrected chi connectivity index (χ3v) is 6.80. The molecule has 2 heterocycles. The Morgan fingerprint density at radius 3 is 2.64 bits per heavy atom. The predicted octanol–water partition coefficient (Wildman–Crippen LogP) is 3.79. The van der Waals surface area contributed by atoms with Crippen molar-refractivity contribution >= 4 is 28.3 Å². The summed E-state index contributed by atoms with van der Waals surface area (Å²) in [6.07, 6.45) is 4.27. The standard InChI is InChI=1S/C24H24N4O4S/c29-21(16-8-4-5-9-16)25-18(12-15-6-2-1-3-7-15)22(30)26-24-28-27-23(33-24)17-10-11-19-20(13-17)32-14-31-19/h1-3,6-7,10-11,13,16,18H,4-5,8-9,12,14H2,(H,25,29)(H,26,28,30). The lowest BCUT2D eigenvalue weighted by atomic mass is 10.0. The Labute approximate surface area is 195 Å². The van der Waals surface area contributed by atoms with Gasteiger partial charge in [-0.15, -0.1) is 10.2 Å². The van der Waals surface area contributed by atoms with E-state index in [1.165, 1.54) is 11.3 Å². The number of fused-ring (bicyclic) bond motifs is 1. The van der Waals surface area contributed by atoms with Crippen molar-refractivity contribution in [3.05, 3.63) is 54.1 Å². The lowest BCUT2D eigenvalue weighted by Crippen LogP contribution is -2.47. The van der Waals surface area contributed by atoms with Gasteiger partial charge in [0.25, 0.3) is 0 Å². The van der Waals surface area contributed by atoms with E-state index in [1.54, 1.807) is 0 Å². The highest BCUT2D eigenvalue weighted by Crippen LogP contribution is 2.37. The van der Waals surface area contributed by atoms with Gasteiger partial charge in [0.15, 0.2) is 11.5 Å². The maximum atomic E-state index is 13.1. The van der Waals surface area contributed by atoms with Gasteiger partial charge in [-0.1, -0.05) is 54.5 Å². The molecule has 2 aliphatic rings. The Balaban J connectivity index is 1.30. The van der Waals surface area contributed by atoms with Gasteiger partial charge in [0.1, 0.15) is 11.0 Å². The van der Waals surface area contributed by atoms with Gasteiger partial charge in [0.05, 0.1) is 0 Å². The number of benzene rings is 2. The molecule has 9 heteroatoms. The topological polar surface area (TPSA) is 102 Å². The van der Waals surface area contributed by atoms with Gasteiger partial charge in [-0.05, 0) is 36.6 Å². The SMILES string of the molecule is O=C(NC(Cc1ccccc1)C(=O)Nc1nnc(-c2ccc3c(c2)OCO3)s1)C1CCCC1. The van der Waals surface area contributed by atoms with Crippen LogP contribution in [0, 0.1) is 5.92 Å². The van der Waals surface area contributed by atoms with Gasteiger partial charge in [-0.3, -0.25) is 14.9 Å². The number of carbonyl (C=O) groups excluding carboxylic acids is 2. The normalized spacial score (nSPS) is 15.9. The van der Waals surface area contributed by atoms with Crippen molar-refractivity contribution in [2.24, 2.45) is 5.92 Å². The lowest BCUT2D eigenvalue weighted by Gasteiger charge is -2.20. The third kappa shape index (κ3) is 4.98. The molecule has 2 amide bonds. The van der Waals surface area contributed by atoms with E-state index in [9.17, 15) is 9.59 Å². The van der Waals surface area contributed by atoms with Gasteiger partial charge in [0, 0.05) is 17.9 Å². The number of carbonyl (C=O) groups is 2. The van der Waals surface area contributed by atoms with Crippen molar-refractivity contribution in [3.8, 4) is 22.1 Å². The quantitative estimate of drug-likeness (QED) is 0.552. The molecule has 2 aromatic carbocycles. The monoisotopic (exact) mass is 464 g/mol. The minimum absolute atomic E-state index is 0.0183. The van der Waals surface area contributed by atoms with E-state index >= 15 is 0 Å². The zero-order valence-corrected chi connectivity index (χ0v) is 18.8. The molecular formula is C24H24N4O4S. The van der Waals surface area contributed by atoms with E-state index in [4.69, 9.17) is 9.47 Å². The first-order valence-corrected chi connectivity index (χ1v) is 11.9. The average Bonchev–Trinajstić information content (AvgIpc) is 3.60. The molecule has 1 atom stereocenters. The summed E-state index contributed by atoms with van der Waals surface area (Å²) in [5, 5.41) is 15.2. The zero-order chi connectivity index (χ0) is 22.6. The molecule has 1 aliphatic carbocycles. The van der Waals surface area contributed by atoms with Gasteiger partial charge in [-0.25, -0.2) is 0 Å².